The van der Waals surface area contributed by atoms with Crippen molar-refractivity contribution in [3.63, 3.8) is 0 Å². The van der Waals surface area contributed by atoms with E-state index in [4.69, 9.17) is 5.26 Å². The molecule has 0 aliphatic carbocycles. The molecule has 0 saturated heterocycles. The van der Waals surface area contributed by atoms with Gasteiger partial charge in [-0.05, 0) is 37.3 Å². The topological polar surface area (TPSA) is 70.7 Å². The van der Waals surface area contributed by atoms with E-state index >= 15 is 0 Å². The number of aromatic nitrogens is 2. The van der Waals surface area contributed by atoms with Crippen LogP contribution < -0.4 is 5.32 Å². The number of ketones is 1. The maximum absolute atomic E-state index is 11.7. The molecule has 24 heavy (non-hydrogen) atoms. The van der Waals surface area contributed by atoms with Crippen LogP contribution in [0.3, 0.4) is 0 Å². The number of nitriles is 1. The summed E-state index contributed by atoms with van der Waals surface area (Å²) in [6.07, 6.45) is 3.71. The molecule has 0 amide bonds. The zero-order chi connectivity index (χ0) is 16.9. The zero-order valence-electron chi connectivity index (χ0n) is 13.2. The van der Waals surface area contributed by atoms with Crippen LogP contribution in [0.5, 0.6) is 0 Å². The lowest BCUT2D eigenvalue weighted by Gasteiger charge is -2.09. The number of carbonyl (C=O) groups is 1. The van der Waals surface area contributed by atoms with Crippen molar-refractivity contribution in [3.05, 3.63) is 77.6 Å². The highest BCUT2D eigenvalue weighted by atomic mass is 16.1. The highest BCUT2D eigenvalue weighted by Gasteiger charge is 2.09. The second kappa shape index (κ2) is 6.80. The number of hydrogen-bond donors (Lipinski definition) is 1. The van der Waals surface area contributed by atoms with Crippen LogP contribution in [0.2, 0.25) is 0 Å². The molecule has 0 fully saturated rings. The molecule has 1 heterocycles. The molecule has 0 unspecified atom stereocenters. The van der Waals surface area contributed by atoms with E-state index in [0.29, 0.717) is 23.4 Å². The largest absolute Gasteiger partial charge is 0.380 e. The van der Waals surface area contributed by atoms with Crippen molar-refractivity contribution in [1.29, 1.82) is 5.26 Å². The predicted molar refractivity (Wildman–Crippen MR) is 92.1 cm³/mol. The van der Waals surface area contributed by atoms with Gasteiger partial charge in [0.1, 0.15) is 0 Å². The molecular weight excluding hydrogens is 300 g/mol. The van der Waals surface area contributed by atoms with Crippen molar-refractivity contribution >= 4 is 11.5 Å². The van der Waals surface area contributed by atoms with Gasteiger partial charge in [-0.1, -0.05) is 18.2 Å². The third-order valence-electron chi connectivity index (χ3n) is 3.67. The summed E-state index contributed by atoms with van der Waals surface area (Å²) in [6.45, 7) is 2.03. The number of hydrogen-bond acceptors (Lipinski definition) is 4. The van der Waals surface area contributed by atoms with Gasteiger partial charge in [-0.25, -0.2) is 4.68 Å². The molecule has 1 N–H and O–H groups in total. The lowest BCUT2D eigenvalue weighted by atomic mass is 10.1. The van der Waals surface area contributed by atoms with Gasteiger partial charge in [0, 0.05) is 29.6 Å². The van der Waals surface area contributed by atoms with Crippen molar-refractivity contribution in [3.8, 4) is 11.8 Å². The Morgan fingerprint density at radius 3 is 2.75 bits per heavy atom. The van der Waals surface area contributed by atoms with Crippen molar-refractivity contribution in [1.82, 2.24) is 9.78 Å². The van der Waals surface area contributed by atoms with E-state index in [0.717, 1.165) is 11.3 Å². The molecule has 0 saturated carbocycles. The molecule has 0 spiro atoms. The summed E-state index contributed by atoms with van der Waals surface area (Å²) in [6, 6.07) is 16.9. The second-order valence-corrected chi connectivity index (χ2v) is 5.41. The lowest BCUT2D eigenvalue weighted by Crippen LogP contribution is -2.05. The normalized spacial score (nSPS) is 10.2. The van der Waals surface area contributed by atoms with Crippen LogP contribution in [0.1, 0.15) is 28.4 Å². The van der Waals surface area contributed by atoms with Crippen LogP contribution in [-0.4, -0.2) is 15.6 Å². The van der Waals surface area contributed by atoms with Gasteiger partial charge >= 0.3 is 0 Å². The van der Waals surface area contributed by atoms with Gasteiger partial charge in [-0.15, -0.1) is 0 Å². The Hall–Kier alpha value is -3.39. The van der Waals surface area contributed by atoms with E-state index in [1.165, 1.54) is 6.92 Å². The van der Waals surface area contributed by atoms with Gasteiger partial charge in [-0.2, -0.15) is 10.4 Å². The van der Waals surface area contributed by atoms with E-state index in [-0.39, 0.29) is 5.78 Å². The smallest absolute Gasteiger partial charge is 0.161 e. The van der Waals surface area contributed by atoms with E-state index in [1.54, 1.807) is 29.1 Å². The summed E-state index contributed by atoms with van der Waals surface area (Å²) in [5.74, 6) is -0.0398. The molecule has 0 radical (unpaired) electrons. The SMILES string of the molecule is CC(=O)c1ccc(C#N)cc1NCc1cnn(-c2ccccc2)c1. The Bertz CT molecular complexity index is 907. The summed E-state index contributed by atoms with van der Waals surface area (Å²) in [7, 11) is 0. The first-order valence-corrected chi connectivity index (χ1v) is 7.55. The van der Waals surface area contributed by atoms with Crippen molar-refractivity contribution in [2.45, 2.75) is 13.5 Å². The molecule has 0 aliphatic rings. The monoisotopic (exact) mass is 316 g/mol. The molecule has 118 valence electrons. The number of nitrogens with one attached hydrogen (secondary N) is 1. The minimum Gasteiger partial charge on any atom is -0.380 e. The molecule has 0 bridgehead atoms. The van der Waals surface area contributed by atoms with Gasteiger partial charge in [0.2, 0.25) is 0 Å². The predicted octanol–water partition coefficient (Wildman–Crippen LogP) is 3.56. The average Bonchev–Trinajstić information content (AvgIpc) is 3.09. The molecule has 1 aromatic heterocycles. The first-order valence-electron chi connectivity index (χ1n) is 7.55. The molecule has 2 aromatic carbocycles. The summed E-state index contributed by atoms with van der Waals surface area (Å²) in [5.41, 5.74) is 3.72. The van der Waals surface area contributed by atoms with Crippen LogP contribution in [0, 0.1) is 11.3 Å². The van der Waals surface area contributed by atoms with Crippen LogP contribution in [0.15, 0.2) is 60.9 Å². The van der Waals surface area contributed by atoms with Crippen LogP contribution in [0.4, 0.5) is 5.69 Å². The number of para-hydroxylation sites is 1. The van der Waals surface area contributed by atoms with Gasteiger partial charge in [-0.3, -0.25) is 4.79 Å². The van der Waals surface area contributed by atoms with E-state index in [2.05, 4.69) is 16.5 Å². The van der Waals surface area contributed by atoms with Gasteiger partial charge in [0.15, 0.2) is 5.78 Å². The number of rotatable bonds is 5. The fourth-order valence-electron chi connectivity index (χ4n) is 2.44. The maximum atomic E-state index is 11.7. The first-order chi connectivity index (χ1) is 11.7. The van der Waals surface area contributed by atoms with E-state index in [9.17, 15) is 4.79 Å². The van der Waals surface area contributed by atoms with Crippen molar-refractivity contribution in [2.75, 3.05) is 5.32 Å². The van der Waals surface area contributed by atoms with E-state index in [1.807, 2.05) is 36.5 Å². The number of carbonyl (C=O) groups excluding carboxylic acids is 1. The third kappa shape index (κ3) is 3.33. The fraction of sp³-hybridized carbons (Fsp3) is 0.105. The van der Waals surface area contributed by atoms with Crippen molar-refractivity contribution in [2.24, 2.45) is 0 Å². The zero-order valence-corrected chi connectivity index (χ0v) is 13.2. The molecule has 5 nitrogen and oxygen atoms in total. The summed E-state index contributed by atoms with van der Waals surface area (Å²) in [4.78, 5) is 11.7. The second-order valence-electron chi connectivity index (χ2n) is 5.41. The maximum Gasteiger partial charge on any atom is 0.161 e. The highest BCUT2D eigenvalue weighted by molar-refractivity contribution is 5.99. The van der Waals surface area contributed by atoms with Gasteiger partial charge < -0.3 is 5.32 Å². The highest BCUT2D eigenvalue weighted by Crippen LogP contribution is 2.19. The van der Waals surface area contributed by atoms with Crippen LogP contribution in [0.25, 0.3) is 5.69 Å². The quantitative estimate of drug-likeness (QED) is 0.731. The molecule has 3 rings (SSSR count). The Balaban J connectivity index is 1.78. The Kier molecular flexibility index (Phi) is 4.39. The van der Waals surface area contributed by atoms with Gasteiger partial charge in [0.25, 0.3) is 0 Å². The fourth-order valence-corrected chi connectivity index (χ4v) is 2.44. The van der Waals surface area contributed by atoms with Crippen LogP contribution in [-0.2, 0) is 6.54 Å². The number of Topliss-reactive ketones (excluding diaryl/α,β-unsaturated/α-hetero) is 1. The number of anilines is 1. The lowest BCUT2D eigenvalue weighted by molar-refractivity contribution is 0.101. The average molecular weight is 316 g/mol. The first kappa shape index (κ1) is 15.5. The molecular formula is C19H16N4O. The number of nitrogens with zero attached hydrogens (tertiary/aromatic N) is 3. The minimum atomic E-state index is -0.0398. The Morgan fingerprint density at radius 2 is 2.04 bits per heavy atom. The van der Waals surface area contributed by atoms with Crippen LogP contribution >= 0.6 is 0 Å². The third-order valence-corrected chi connectivity index (χ3v) is 3.67. The minimum absolute atomic E-state index is 0.0398. The Morgan fingerprint density at radius 1 is 1.25 bits per heavy atom. The summed E-state index contributed by atoms with van der Waals surface area (Å²) >= 11 is 0. The molecule has 3 aromatic rings. The Labute approximate surface area is 140 Å². The standard InChI is InChI=1S/C19H16N4O/c1-14(24)18-8-7-15(10-20)9-19(18)21-11-16-12-22-23(13-16)17-5-3-2-4-6-17/h2-9,12-13,21H,11H2,1H3. The molecule has 0 atom stereocenters. The number of benzene rings is 2. The van der Waals surface area contributed by atoms with Crippen molar-refractivity contribution < 1.29 is 4.79 Å². The van der Waals surface area contributed by atoms with E-state index < -0.39 is 0 Å². The summed E-state index contributed by atoms with van der Waals surface area (Å²) in [5, 5.41) is 16.6. The van der Waals surface area contributed by atoms with Gasteiger partial charge in [0.05, 0.1) is 23.5 Å². The molecule has 0 aliphatic heterocycles. The summed E-state index contributed by atoms with van der Waals surface area (Å²) < 4.78 is 1.80. The molecule has 5 heteroatoms.